The maximum absolute atomic E-state index is 12.1. The van der Waals surface area contributed by atoms with Gasteiger partial charge in [0.15, 0.2) is 0 Å². The van der Waals surface area contributed by atoms with E-state index in [9.17, 15) is 4.79 Å². The van der Waals surface area contributed by atoms with Gasteiger partial charge in [-0.1, -0.05) is 41.6 Å². The van der Waals surface area contributed by atoms with Gasteiger partial charge in [-0.25, -0.2) is 0 Å². The van der Waals surface area contributed by atoms with E-state index in [1.807, 2.05) is 42.6 Å². The predicted molar refractivity (Wildman–Crippen MR) is 98.3 cm³/mol. The van der Waals surface area contributed by atoms with Gasteiger partial charge in [0.1, 0.15) is 0 Å². The maximum Gasteiger partial charge on any atom is 0.227 e. The standard InChI is InChI=1S/C19H21N3O2S/c1-14(9-10-15-6-3-2-4-7-15)20-17(23)11-12-18-21-19(22-24-18)16-8-5-13-25-16/h2-8,13-14H,9-12H2,1H3,(H,20,23)/t14-/m0/s1. The van der Waals surface area contributed by atoms with Crippen LogP contribution in [0.5, 0.6) is 0 Å². The molecule has 0 fully saturated rings. The first-order valence-electron chi connectivity index (χ1n) is 8.40. The van der Waals surface area contributed by atoms with Gasteiger partial charge < -0.3 is 9.84 Å². The van der Waals surface area contributed by atoms with Crippen molar-refractivity contribution < 1.29 is 9.32 Å². The summed E-state index contributed by atoms with van der Waals surface area (Å²) in [5.74, 6) is 1.09. The highest BCUT2D eigenvalue weighted by Crippen LogP contribution is 2.21. The Kier molecular flexibility index (Phi) is 5.95. The lowest BCUT2D eigenvalue weighted by molar-refractivity contribution is -0.121. The lowest BCUT2D eigenvalue weighted by atomic mass is 10.1. The molecule has 130 valence electrons. The summed E-state index contributed by atoms with van der Waals surface area (Å²) in [6, 6.07) is 14.3. The number of benzene rings is 1. The smallest absolute Gasteiger partial charge is 0.227 e. The second kappa shape index (κ2) is 8.58. The molecule has 2 heterocycles. The molecule has 0 saturated heterocycles. The molecule has 0 saturated carbocycles. The number of nitrogens with one attached hydrogen (secondary N) is 1. The average Bonchev–Trinajstić information content (AvgIpc) is 3.30. The van der Waals surface area contributed by atoms with Gasteiger partial charge >= 0.3 is 0 Å². The number of carbonyl (C=O) groups excluding carboxylic acids is 1. The molecule has 0 bridgehead atoms. The summed E-state index contributed by atoms with van der Waals surface area (Å²) in [6.45, 7) is 2.03. The molecule has 0 aliphatic rings. The van der Waals surface area contributed by atoms with Crippen LogP contribution in [0.15, 0.2) is 52.4 Å². The molecule has 1 atom stereocenters. The van der Waals surface area contributed by atoms with E-state index in [2.05, 4.69) is 27.6 Å². The fourth-order valence-corrected chi connectivity index (χ4v) is 3.18. The topological polar surface area (TPSA) is 68.0 Å². The molecule has 25 heavy (non-hydrogen) atoms. The molecule has 0 aliphatic heterocycles. The minimum absolute atomic E-state index is 0.0106. The lowest BCUT2D eigenvalue weighted by Crippen LogP contribution is -2.33. The Morgan fingerprint density at radius 2 is 2.04 bits per heavy atom. The van der Waals surface area contributed by atoms with Gasteiger partial charge in [-0.15, -0.1) is 11.3 Å². The Bertz CT molecular complexity index is 784. The first-order valence-corrected chi connectivity index (χ1v) is 9.28. The highest BCUT2D eigenvalue weighted by Gasteiger charge is 2.12. The summed E-state index contributed by atoms with van der Waals surface area (Å²) in [6.07, 6.45) is 2.67. The Morgan fingerprint density at radius 1 is 1.20 bits per heavy atom. The minimum atomic E-state index is 0.0106. The fourth-order valence-electron chi connectivity index (χ4n) is 2.53. The number of amides is 1. The van der Waals surface area contributed by atoms with Gasteiger partial charge in [0, 0.05) is 18.9 Å². The van der Waals surface area contributed by atoms with Crippen LogP contribution in [0.2, 0.25) is 0 Å². The monoisotopic (exact) mass is 355 g/mol. The van der Waals surface area contributed by atoms with Crippen LogP contribution in [-0.4, -0.2) is 22.1 Å². The Balaban J connectivity index is 1.40. The quantitative estimate of drug-likeness (QED) is 0.666. The summed E-state index contributed by atoms with van der Waals surface area (Å²) in [4.78, 5) is 17.4. The Morgan fingerprint density at radius 3 is 2.80 bits per heavy atom. The third kappa shape index (κ3) is 5.26. The van der Waals surface area contributed by atoms with Crippen molar-refractivity contribution in [3.05, 3.63) is 59.3 Å². The summed E-state index contributed by atoms with van der Waals surface area (Å²) >= 11 is 1.56. The molecule has 6 heteroatoms. The van der Waals surface area contributed by atoms with Crippen LogP contribution >= 0.6 is 11.3 Å². The molecule has 5 nitrogen and oxygen atoms in total. The molecule has 1 amide bonds. The second-order valence-corrected chi connectivity index (χ2v) is 6.93. The van der Waals surface area contributed by atoms with Gasteiger partial charge in [-0.2, -0.15) is 4.98 Å². The van der Waals surface area contributed by atoms with E-state index < -0.39 is 0 Å². The summed E-state index contributed by atoms with van der Waals surface area (Å²) in [7, 11) is 0. The number of aryl methyl sites for hydroxylation is 2. The van der Waals surface area contributed by atoms with E-state index in [4.69, 9.17) is 4.52 Å². The summed E-state index contributed by atoms with van der Waals surface area (Å²) < 4.78 is 5.21. The molecule has 0 radical (unpaired) electrons. The van der Waals surface area contributed by atoms with E-state index in [1.165, 1.54) is 5.56 Å². The third-order valence-electron chi connectivity index (χ3n) is 3.89. The van der Waals surface area contributed by atoms with E-state index in [-0.39, 0.29) is 11.9 Å². The minimum Gasteiger partial charge on any atom is -0.354 e. The molecule has 0 spiro atoms. The van der Waals surface area contributed by atoms with Crippen LogP contribution in [0.4, 0.5) is 0 Å². The average molecular weight is 355 g/mol. The predicted octanol–water partition coefficient (Wildman–Crippen LogP) is 3.87. The maximum atomic E-state index is 12.1. The second-order valence-electron chi connectivity index (χ2n) is 5.98. The van der Waals surface area contributed by atoms with Crippen LogP contribution < -0.4 is 5.32 Å². The van der Waals surface area contributed by atoms with Gasteiger partial charge in [0.05, 0.1) is 4.88 Å². The van der Waals surface area contributed by atoms with Gasteiger partial charge in [-0.3, -0.25) is 4.79 Å². The summed E-state index contributed by atoms with van der Waals surface area (Å²) in [5.41, 5.74) is 1.29. The van der Waals surface area contributed by atoms with Crippen molar-refractivity contribution in [2.45, 2.75) is 38.6 Å². The van der Waals surface area contributed by atoms with Crippen molar-refractivity contribution in [2.75, 3.05) is 0 Å². The lowest BCUT2D eigenvalue weighted by Gasteiger charge is -2.13. The zero-order valence-electron chi connectivity index (χ0n) is 14.1. The number of rotatable bonds is 8. The van der Waals surface area contributed by atoms with Crippen molar-refractivity contribution in [1.82, 2.24) is 15.5 Å². The molecule has 1 N–H and O–H groups in total. The van der Waals surface area contributed by atoms with Crippen molar-refractivity contribution in [3.63, 3.8) is 0 Å². The Labute approximate surface area is 151 Å². The molecule has 1 aromatic carbocycles. The zero-order chi connectivity index (χ0) is 17.5. The zero-order valence-corrected chi connectivity index (χ0v) is 15.0. The SMILES string of the molecule is C[C@@H](CCc1ccccc1)NC(=O)CCc1nc(-c2cccs2)no1. The van der Waals surface area contributed by atoms with Gasteiger partial charge in [0.25, 0.3) is 0 Å². The molecule has 3 rings (SSSR count). The van der Waals surface area contributed by atoms with E-state index in [0.717, 1.165) is 17.7 Å². The number of aromatic nitrogens is 2. The molecule has 3 aromatic rings. The molecular formula is C19H21N3O2S. The van der Waals surface area contributed by atoms with Gasteiger partial charge in [0.2, 0.25) is 17.6 Å². The van der Waals surface area contributed by atoms with Crippen LogP contribution in [-0.2, 0) is 17.6 Å². The Hall–Kier alpha value is -2.47. The number of nitrogens with zero attached hydrogens (tertiary/aromatic N) is 2. The normalized spacial score (nSPS) is 12.0. The number of hydrogen-bond acceptors (Lipinski definition) is 5. The van der Waals surface area contributed by atoms with E-state index in [0.29, 0.717) is 24.6 Å². The highest BCUT2D eigenvalue weighted by molar-refractivity contribution is 7.13. The van der Waals surface area contributed by atoms with Gasteiger partial charge in [-0.05, 0) is 36.8 Å². The first kappa shape index (κ1) is 17.4. The van der Waals surface area contributed by atoms with Crippen molar-refractivity contribution in [1.29, 1.82) is 0 Å². The van der Waals surface area contributed by atoms with Crippen molar-refractivity contribution in [3.8, 4) is 10.7 Å². The largest absolute Gasteiger partial charge is 0.354 e. The van der Waals surface area contributed by atoms with Crippen LogP contribution in [0.25, 0.3) is 10.7 Å². The third-order valence-corrected chi connectivity index (χ3v) is 4.76. The van der Waals surface area contributed by atoms with Crippen LogP contribution in [0, 0.1) is 0 Å². The summed E-state index contributed by atoms with van der Waals surface area (Å²) in [5, 5.41) is 8.95. The van der Waals surface area contributed by atoms with Crippen LogP contribution in [0.1, 0.15) is 31.2 Å². The number of thiophene rings is 1. The van der Waals surface area contributed by atoms with Crippen molar-refractivity contribution in [2.24, 2.45) is 0 Å². The number of carbonyl (C=O) groups is 1. The fraction of sp³-hybridized carbons (Fsp3) is 0.316. The van der Waals surface area contributed by atoms with Crippen molar-refractivity contribution >= 4 is 17.2 Å². The number of hydrogen-bond donors (Lipinski definition) is 1. The van der Waals surface area contributed by atoms with Crippen LogP contribution in [0.3, 0.4) is 0 Å². The molecule has 0 unspecified atom stereocenters. The first-order chi connectivity index (χ1) is 12.2. The molecular weight excluding hydrogens is 334 g/mol. The molecule has 2 aromatic heterocycles. The van der Waals surface area contributed by atoms with E-state index >= 15 is 0 Å². The molecule has 0 aliphatic carbocycles. The highest BCUT2D eigenvalue weighted by atomic mass is 32.1. The van der Waals surface area contributed by atoms with E-state index in [1.54, 1.807) is 11.3 Å².